The van der Waals surface area contributed by atoms with Gasteiger partial charge in [0.1, 0.15) is 5.75 Å². The Morgan fingerprint density at radius 2 is 1.79 bits per heavy atom. The normalized spacial score (nSPS) is 11.4. The third-order valence-corrected chi connectivity index (χ3v) is 3.77. The van der Waals surface area contributed by atoms with Crippen molar-refractivity contribution in [3.63, 3.8) is 0 Å². The lowest BCUT2D eigenvalue weighted by Crippen LogP contribution is -2.08. The predicted molar refractivity (Wildman–Crippen MR) is 91.1 cm³/mol. The summed E-state index contributed by atoms with van der Waals surface area (Å²) in [7, 11) is 0. The van der Waals surface area contributed by atoms with Crippen molar-refractivity contribution in [2.45, 2.75) is 19.0 Å². The largest absolute Gasteiger partial charge is 0.492 e. The maximum Gasteiger partial charge on any atom is 0.416 e. The Bertz CT molecular complexity index is 677. The molecule has 0 atom stereocenters. The van der Waals surface area contributed by atoms with Crippen molar-refractivity contribution < 1.29 is 17.9 Å². The van der Waals surface area contributed by atoms with Gasteiger partial charge in [-0.05, 0) is 49.2 Å². The minimum atomic E-state index is -4.33. The molecule has 0 unspecified atom stereocenters. The van der Waals surface area contributed by atoms with Crippen molar-refractivity contribution in [2.24, 2.45) is 0 Å². The summed E-state index contributed by atoms with van der Waals surface area (Å²) in [6.07, 6.45) is -2.84. The topological polar surface area (TPSA) is 21.3 Å². The average molecular weight is 378 g/mol. The number of ether oxygens (including phenoxy) is 1. The Morgan fingerprint density at radius 1 is 1.00 bits per heavy atom. The lowest BCUT2D eigenvalue weighted by Gasteiger charge is -2.11. The minimum Gasteiger partial charge on any atom is -0.492 e. The molecular formula is C17H16Cl2F3NO. The van der Waals surface area contributed by atoms with E-state index in [0.717, 1.165) is 25.0 Å². The highest BCUT2D eigenvalue weighted by atomic mass is 35.5. The Labute approximate surface area is 148 Å². The molecule has 24 heavy (non-hydrogen) atoms. The molecule has 130 valence electrons. The number of rotatable bonds is 7. The molecule has 0 aliphatic carbocycles. The number of nitrogens with one attached hydrogen (secondary N) is 1. The second-order valence-corrected chi connectivity index (χ2v) is 5.98. The molecule has 0 radical (unpaired) electrons. The van der Waals surface area contributed by atoms with Gasteiger partial charge in [0.25, 0.3) is 0 Å². The Morgan fingerprint density at radius 3 is 2.50 bits per heavy atom. The summed E-state index contributed by atoms with van der Waals surface area (Å²) in [5, 5.41) is 3.96. The maximum atomic E-state index is 12.6. The molecular weight excluding hydrogens is 362 g/mol. The monoisotopic (exact) mass is 377 g/mol. The molecule has 2 aromatic carbocycles. The van der Waals surface area contributed by atoms with E-state index in [1.165, 1.54) is 6.07 Å². The van der Waals surface area contributed by atoms with E-state index in [9.17, 15) is 13.2 Å². The van der Waals surface area contributed by atoms with Gasteiger partial charge in [-0.2, -0.15) is 13.2 Å². The van der Waals surface area contributed by atoms with Gasteiger partial charge in [-0.3, -0.25) is 0 Å². The first-order chi connectivity index (χ1) is 11.4. The molecule has 0 amide bonds. The fraction of sp³-hybridized carbons (Fsp3) is 0.294. The van der Waals surface area contributed by atoms with Crippen LogP contribution in [0.25, 0.3) is 0 Å². The van der Waals surface area contributed by atoms with Crippen molar-refractivity contribution in [2.75, 3.05) is 18.5 Å². The van der Waals surface area contributed by atoms with Gasteiger partial charge in [-0.15, -0.1) is 0 Å². The van der Waals surface area contributed by atoms with Crippen LogP contribution in [-0.4, -0.2) is 13.2 Å². The Kier molecular flexibility index (Phi) is 6.63. The van der Waals surface area contributed by atoms with Gasteiger partial charge in [0.2, 0.25) is 0 Å². The first-order valence-electron chi connectivity index (χ1n) is 7.35. The smallest absolute Gasteiger partial charge is 0.416 e. The molecule has 2 nitrogen and oxygen atoms in total. The molecule has 0 heterocycles. The molecule has 2 rings (SSSR count). The summed E-state index contributed by atoms with van der Waals surface area (Å²) < 4.78 is 43.4. The van der Waals surface area contributed by atoms with Gasteiger partial charge in [-0.25, -0.2) is 0 Å². The number of halogens is 5. The van der Waals surface area contributed by atoms with Gasteiger partial charge in [0.15, 0.2) is 0 Å². The molecule has 7 heteroatoms. The first kappa shape index (κ1) is 18.7. The standard InChI is InChI=1S/C17H16Cl2F3NO/c18-13-6-7-16(15(19)11-13)24-9-2-1-8-23-14-5-3-4-12(10-14)17(20,21)22/h3-7,10-11,23H,1-2,8-9H2. The van der Waals surface area contributed by atoms with Crippen molar-refractivity contribution in [3.8, 4) is 5.75 Å². The number of benzene rings is 2. The quantitative estimate of drug-likeness (QED) is 0.573. The summed E-state index contributed by atoms with van der Waals surface area (Å²) in [5.41, 5.74) is -0.209. The molecule has 0 aliphatic heterocycles. The molecule has 0 fully saturated rings. The van der Waals surface area contributed by atoms with E-state index < -0.39 is 11.7 Å². The van der Waals surface area contributed by atoms with Crippen LogP contribution in [-0.2, 0) is 6.18 Å². The van der Waals surface area contributed by atoms with Crippen LogP contribution in [0.1, 0.15) is 18.4 Å². The van der Waals surface area contributed by atoms with Crippen LogP contribution in [0.5, 0.6) is 5.75 Å². The number of unbranched alkanes of at least 4 members (excludes halogenated alkanes) is 1. The van der Waals surface area contributed by atoms with E-state index in [-0.39, 0.29) is 0 Å². The molecule has 0 saturated heterocycles. The van der Waals surface area contributed by atoms with Crippen LogP contribution in [0.2, 0.25) is 10.0 Å². The van der Waals surface area contributed by atoms with Crippen LogP contribution < -0.4 is 10.1 Å². The van der Waals surface area contributed by atoms with Gasteiger partial charge in [0.05, 0.1) is 17.2 Å². The van der Waals surface area contributed by atoms with E-state index in [2.05, 4.69) is 5.32 Å². The van der Waals surface area contributed by atoms with Crippen molar-refractivity contribution >= 4 is 28.9 Å². The van der Waals surface area contributed by atoms with E-state index in [1.54, 1.807) is 24.3 Å². The first-order valence-corrected chi connectivity index (χ1v) is 8.11. The second kappa shape index (κ2) is 8.49. The van der Waals surface area contributed by atoms with Gasteiger partial charge in [0, 0.05) is 17.3 Å². The van der Waals surface area contributed by atoms with Crippen molar-refractivity contribution in [1.82, 2.24) is 0 Å². The summed E-state index contributed by atoms with van der Waals surface area (Å²) in [4.78, 5) is 0. The zero-order valence-corrected chi connectivity index (χ0v) is 14.2. The minimum absolute atomic E-state index is 0.449. The molecule has 0 spiro atoms. The fourth-order valence-corrected chi connectivity index (χ4v) is 2.50. The van der Waals surface area contributed by atoms with Crippen LogP contribution in [0.15, 0.2) is 42.5 Å². The lowest BCUT2D eigenvalue weighted by atomic mass is 10.2. The van der Waals surface area contributed by atoms with Crippen molar-refractivity contribution in [1.29, 1.82) is 0 Å². The highest BCUT2D eigenvalue weighted by molar-refractivity contribution is 6.35. The number of anilines is 1. The van der Waals surface area contributed by atoms with Crippen molar-refractivity contribution in [3.05, 3.63) is 58.1 Å². The average Bonchev–Trinajstić information content (AvgIpc) is 2.52. The van der Waals surface area contributed by atoms with Crippen LogP contribution >= 0.6 is 23.2 Å². The molecule has 0 aromatic heterocycles. The molecule has 0 aliphatic rings. The van der Waals surface area contributed by atoms with Crippen LogP contribution in [0.3, 0.4) is 0 Å². The number of hydrogen-bond acceptors (Lipinski definition) is 2. The van der Waals surface area contributed by atoms with Gasteiger partial charge in [-0.1, -0.05) is 29.3 Å². The lowest BCUT2D eigenvalue weighted by molar-refractivity contribution is -0.137. The van der Waals surface area contributed by atoms with Crippen LogP contribution in [0, 0.1) is 0 Å². The Balaban J connectivity index is 1.70. The fourth-order valence-electron chi connectivity index (χ4n) is 2.04. The molecule has 2 aromatic rings. The summed E-state index contributed by atoms with van der Waals surface area (Å²) >= 11 is 11.8. The van der Waals surface area contributed by atoms with E-state index >= 15 is 0 Å². The zero-order chi connectivity index (χ0) is 17.6. The van der Waals surface area contributed by atoms with E-state index in [0.29, 0.717) is 34.6 Å². The summed E-state index contributed by atoms with van der Waals surface area (Å²) in [6.45, 7) is 1.02. The predicted octanol–water partition coefficient (Wildman–Crippen LogP) is 6.28. The maximum absolute atomic E-state index is 12.6. The van der Waals surface area contributed by atoms with E-state index in [1.807, 2.05) is 0 Å². The van der Waals surface area contributed by atoms with Gasteiger partial charge < -0.3 is 10.1 Å². The highest BCUT2D eigenvalue weighted by Crippen LogP contribution is 2.30. The SMILES string of the molecule is FC(F)(F)c1cccc(NCCCCOc2ccc(Cl)cc2Cl)c1. The zero-order valence-electron chi connectivity index (χ0n) is 12.7. The summed E-state index contributed by atoms with van der Waals surface area (Å²) in [5.74, 6) is 0.562. The number of alkyl halides is 3. The molecule has 1 N–H and O–H groups in total. The van der Waals surface area contributed by atoms with Gasteiger partial charge >= 0.3 is 6.18 Å². The molecule has 0 bridgehead atoms. The third kappa shape index (κ3) is 5.80. The highest BCUT2D eigenvalue weighted by Gasteiger charge is 2.30. The van der Waals surface area contributed by atoms with E-state index in [4.69, 9.17) is 27.9 Å². The Hall–Kier alpha value is -1.59. The van der Waals surface area contributed by atoms with Crippen LogP contribution in [0.4, 0.5) is 18.9 Å². The number of hydrogen-bond donors (Lipinski definition) is 1. The molecule has 0 saturated carbocycles. The third-order valence-electron chi connectivity index (χ3n) is 3.24. The summed E-state index contributed by atoms with van der Waals surface area (Å²) in [6, 6.07) is 10.1. The second-order valence-electron chi connectivity index (χ2n) is 5.14.